The van der Waals surface area contributed by atoms with E-state index in [4.69, 9.17) is 0 Å². The molecule has 106 valence electrons. The van der Waals surface area contributed by atoms with Gasteiger partial charge in [-0.15, -0.1) is 0 Å². The molecule has 0 radical (unpaired) electrons. The Labute approximate surface area is 116 Å². The second-order valence-corrected chi connectivity index (χ2v) is 5.48. The summed E-state index contributed by atoms with van der Waals surface area (Å²) >= 11 is 0. The van der Waals surface area contributed by atoms with Crippen LogP contribution in [0.25, 0.3) is 0 Å². The normalized spacial score (nSPS) is 14.5. The predicted molar refractivity (Wildman–Crippen MR) is 78.6 cm³/mol. The highest BCUT2D eigenvalue weighted by molar-refractivity contribution is 6.01. The zero-order valence-electron chi connectivity index (χ0n) is 12.6. The molecule has 2 atom stereocenters. The lowest BCUT2D eigenvalue weighted by atomic mass is 9.97. The van der Waals surface area contributed by atoms with Gasteiger partial charge in [0.05, 0.1) is 12.1 Å². The van der Waals surface area contributed by atoms with Gasteiger partial charge in [0.1, 0.15) is 0 Å². The van der Waals surface area contributed by atoms with Gasteiger partial charge in [0, 0.05) is 12.1 Å². The largest absolute Gasteiger partial charge is 0.393 e. The van der Waals surface area contributed by atoms with Gasteiger partial charge in [-0.2, -0.15) is 0 Å². The van der Waals surface area contributed by atoms with Crippen LogP contribution in [0.3, 0.4) is 0 Å². The van der Waals surface area contributed by atoms with Crippen LogP contribution < -0.4 is 0 Å². The first-order valence-electron chi connectivity index (χ1n) is 6.82. The number of aliphatic hydroxyl groups is 1. The second-order valence-electron chi connectivity index (χ2n) is 5.48. The molecule has 19 heavy (non-hydrogen) atoms. The Kier molecular flexibility index (Phi) is 5.70. The smallest absolute Gasteiger partial charge is 0.179 e. The molecule has 3 heteroatoms. The molecule has 0 aliphatic carbocycles. The molecule has 0 saturated heterocycles. The number of hydrogen-bond donors (Lipinski definition) is 1. The van der Waals surface area contributed by atoms with Crippen molar-refractivity contribution in [3.05, 3.63) is 34.9 Å². The number of aliphatic hydroxyl groups excluding tert-OH is 1. The van der Waals surface area contributed by atoms with E-state index in [1.807, 2.05) is 50.9 Å². The summed E-state index contributed by atoms with van der Waals surface area (Å²) in [6.07, 6.45) is 0.353. The number of nitrogens with zero attached hydrogens (tertiary/aromatic N) is 1. The predicted octanol–water partition coefficient (Wildman–Crippen LogP) is 2.58. The monoisotopic (exact) mass is 263 g/mol. The first kappa shape index (κ1) is 15.9. The Bertz CT molecular complexity index is 440. The first-order chi connectivity index (χ1) is 8.82. The van der Waals surface area contributed by atoms with Crippen molar-refractivity contribution in [1.29, 1.82) is 0 Å². The van der Waals surface area contributed by atoms with Crippen LogP contribution in [0.5, 0.6) is 0 Å². The Morgan fingerprint density at radius 3 is 2.53 bits per heavy atom. The molecule has 0 fully saturated rings. The molecule has 0 bridgehead atoms. The Hall–Kier alpha value is -1.19. The fourth-order valence-electron chi connectivity index (χ4n) is 2.01. The van der Waals surface area contributed by atoms with E-state index in [9.17, 15) is 9.90 Å². The van der Waals surface area contributed by atoms with Crippen molar-refractivity contribution in [1.82, 2.24) is 4.90 Å². The van der Waals surface area contributed by atoms with Crippen LogP contribution in [0, 0.1) is 13.8 Å². The van der Waals surface area contributed by atoms with Crippen molar-refractivity contribution in [3.8, 4) is 0 Å². The maximum atomic E-state index is 12.5. The molecule has 0 spiro atoms. The lowest BCUT2D eigenvalue weighted by molar-refractivity contribution is 0.0843. The van der Waals surface area contributed by atoms with Crippen molar-refractivity contribution in [3.63, 3.8) is 0 Å². The minimum atomic E-state index is -0.328. The number of benzene rings is 1. The minimum Gasteiger partial charge on any atom is -0.393 e. The van der Waals surface area contributed by atoms with E-state index in [1.165, 1.54) is 0 Å². The van der Waals surface area contributed by atoms with Crippen molar-refractivity contribution < 1.29 is 9.90 Å². The highest BCUT2D eigenvalue weighted by atomic mass is 16.3. The van der Waals surface area contributed by atoms with Gasteiger partial charge in [0.2, 0.25) is 0 Å². The van der Waals surface area contributed by atoms with Gasteiger partial charge >= 0.3 is 0 Å². The number of Topliss-reactive ketones (excluding diaryl/α,β-unsaturated/α-hetero) is 1. The van der Waals surface area contributed by atoms with Crippen molar-refractivity contribution in [2.45, 2.75) is 46.3 Å². The molecule has 2 unspecified atom stereocenters. The molecular weight excluding hydrogens is 238 g/mol. The van der Waals surface area contributed by atoms with Crippen LogP contribution in [0.1, 0.15) is 41.8 Å². The summed E-state index contributed by atoms with van der Waals surface area (Å²) in [4.78, 5) is 14.5. The number of likely N-dealkylation sites (N-methyl/N-ethyl adjacent to an activating group) is 1. The van der Waals surface area contributed by atoms with E-state index in [2.05, 4.69) is 0 Å². The van der Waals surface area contributed by atoms with E-state index < -0.39 is 0 Å². The van der Waals surface area contributed by atoms with Crippen molar-refractivity contribution >= 4 is 5.78 Å². The van der Waals surface area contributed by atoms with Gasteiger partial charge in [0.15, 0.2) is 5.78 Å². The lowest BCUT2D eigenvalue weighted by Crippen LogP contribution is -2.37. The average Bonchev–Trinajstić information content (AvgIpc) is 2.37. The van der Waals surface area contributed by atoms with E-state index in [1.54, 1.807) is 6.92 Å². The van der Waals surface area contributed by atoms with Gasteiger partial charge in [-0.05, 0) is 52.8 Å². The van der Waals surface area contributed by atoms with Crippen LogP contribution in [0.4, 0.5) is 0 Å². The summed E-state index contributed by atoms with van der Waals surface area (Å²) in [5.41, 5.74) is 2.93. The minimum absolute atomic E-state index is 0.147. The molecule has 0 amide bonds. The third-order valence-corrected chi connectivity index (χ3v) is 3.60. The fraction of sp³-hybridized carbons (Fsp3) is 0.562. The molecule has 1 aromatic rings. The van der Waals surface area contributed by atoms with Gasteiger partial charge in [-0.1, -0.05) is 17.7 Å². The number of carbonyl (C=O) groups is 1. The van der Waals surface area contributed by atoms with Gasteiger partial charge < -0.3 is 5.11 Å². The fourth-order valence-corrected chi connectivity index (χ4v) is 2.01. The quantitative estimate of drug-likeness (QED) is 0.802. The third kappa shape index (κ3) is 4.44. The number of hydrogen-bond acceptors (Lipinski definition) is 3. The topological polar surface area (TPSA) is 40.5 Å². The van der Waals surface area contributed by atoms with Gasteiger partial charge in [-0.25, -0.2) is 0 Å². The number of ketones is 1. The Morgan fingerprint density at radius 1 is 1.32 bits per heavy atom. The molecular formula is C16H25NO2. The van der Waals surface area contributed by atoms with E-state index in [0.717, 1.165) is 23.2 Å². The summed E-state index contributed by atoms with van der Waals surface area (Å²) in [6.45, 7) is 8.37. The highest BCUT2D eigenvalue weighted by Gasteiger charge is 2.21. The molecule has 0 heterocycles. The van der Waals surface area contributed by atoms with Crippen molar-refractivity contribution in [2.75, 3.05) is 13.6 Å². The molecule has 1 aromatic carbocycles. The third-order valence-electron chi connectivity index (χ3n) is 3.60. The summed E-state index contributed by atoms with van der Waals surface area (Å²) in [7, 11) is 1.93. The molecule has 0 aliphatic rings. The summed E-state index contributed by atoms with van der Waals surface area (Å²) in [5.74, 6) is 0.147. The SMILES string of the molecule is Cc1ccc(C)c(C(=O)C(C)N(C)CCC(C)O)c1. The Morgan fingerprint density at radius 2 is 1.95 bits per heavy atom. The Balaban J connectivity index is 2.78. The zero-order chi connectivity index (χ0) is 14.6. The average molecular weight is 263 g/mol. The van der Waals surface area contributed by atoms with E-state index >= 15 is 0 Å². The second kappa shape index (κ2) is 6.83. The molecule has 0 aliphatic heterocycles. The zero-order valence-corrected chi connectivity index (χ0v) is 12.6. The standard InChI is InChI=1S/C16H25NO2/c1-11-6-7-12(2)15(10-11)16(19)14(4)17(5)9-8-13(3)18/h6-7,10,13-14,18H,8-9H2,1-5H3. The van der Waals surface area contributed by atoms with Crippen LogP contribution in [0.15, 0.2) is 18.2 Å². The van der Waals surface area contributed by atoms with Crippen molar-refractivity contribution in [2.24, 2.45) is 0 Å². The summed E-state index contributed by atoms with van der Waals surface area (Å²) < 4.78 is 0. The molecule has 1 rings (SSSR count). The molecule has 1 N–H and O–H groups in total. The van der Waals surface area contributed by atoms with Crippen LogP contribution in [-0.2, 0) is 0 Å². The molecule has 0 saturated carbocycles. The maximum Gasteiger partial charge on any atom is 0.179 e. The summed E-state index contributed by atoms with van der Waals surface area (Å²) in [6, 6.07) is 5.80. The molecule has 0 aromatic heterocycles. The van der Waals surface area contributed by atoms with Crippen LogP contribution in [0.2, 0.25) is 0 Å². The number of carbonyl (C=O) groups excluding carboxylic acids is 1. The molecule has 3 nitrogen and oxygen atoms in total. The lowest BCUT2D eigenvalue weighted by Gasteiger charge is -2.24. The first-order valence-corrected chi connectivity index (χ1v) is 6.82. The number of rotatable bonds is 6. The number of aryl methyl sites for hydroxylation is 2. The van der Waals surface area contributed by atoms with Crippen LogP contribution in [-0.4, -0.2) is 41.5 Å². The van der Waals surface area contributed by atoms with E-state index in [0.29, 0.717) is 6.42 Å². The van der Waals surface area contributed by atoms with Gasteiger partial charge in [0.25, 0.3) is 0 Å². The van der Waals surface area contributed by atoms with Crippen LogP contribution >= 0.6 is 0 Å². The van der Waals surface area contributed by atoms with E-state index in [-0.39, 0.29) is 17.9 Å². The maximum absolute atomic E-state index is 12.5. The highest BCUT2D eigenvalue weighted by Crippen LogP contribution is 2.15. The summed E-state index contributed by atoms with van der Waals surface area (Å²) in [5, 5.41) is 9.31. The van der Waals surface area contributed by atoms with Gasteiger partial charge in [-0.3, -0.25) is 9.69 Å².